The zero-order valence-corrected chi connectivity index (χ0v) is 24.6. The van der Waals surface area contributed by atoms with Crippen molar-refractivity contribution >= 4 is 23.8 Å². The summed E-state index contributed by atoms with van der Waals surface area (Å²) in [5.74, 6) is -0.398. The number of piperidine rings is 1. The van der Waals surface area contributed by atoms with Crippen molar-refractivity contribution in [1.29, 1.82) is 0 Å². The molecule has 3 saturated heterocycles. The summed E-state index contributed by atoms with van der Waals surface area (Å²) in [6.07, 6.45) is 5.94. The molecule has 2 aromatic carbocycles. The molecule has 3 fully saturated rings. The fraction of sp³-hybridized carbons (Fsp3) is 0.424. The second kappa shape index (κ2) is 13.3. The molecule has 6 rings (SSSR count). The van der Waals surface area contributed by atoms with Gasteiger partial charge in [0, 0.05) is 63.1 Å². The van der Waals surface area contributed by atoms with Crippen LogP contribution in [0.3, 0.4) is 0 Å². The van der Waals surface area contributed by atoms with Crippen LogP contribution in [0.15, 0.2) is 82.8 Å². The van der Waals surface area contributed by atoms with Crippen LogP contribution in [0.4, 0.5) is 4.79 Å². The molecule has 0 aliphatic carbocycles. The number of benzene rings is 2. The highest BCUT2D eigenvalue weighted by atomic mass is 32.2. The highest BCUT2D eigenvalue weighted by Gasteiger charge is 2.43. The lowest BCUT2D eigenvalue weighted by Crippen LogP contribution is -2.47. The van der Waals surface area contributed by atoms with Gasteiger partial charge in [-0.3, -0.25) is 4.90 Å². The largest absolute Gasteiger partial charge is 0.478 e. The number of carboxylic acids is 1. The van der Waals surface area contributed by atoms with Crippen molar-refractivity contribution in [1.82, 2.24) is 19.7 Å². The first-order valence-electron chi connectivity index (χ1n) is 14.9. The number of carbonyl (C=O) groups excluding carboxylic acids is 1. The topological polar surface area (TPSA) is 86.2 Å². The van der Waals surface area contributed by atoms with Crippen molar-refractivity contribution < 1.29 is 19.4 Å². The molecule has 4 heterocycles. The fourth-order valence-corrected chi connectivity index (χ4v) is 7.14. The SMILES string of the molecule is O=C(O)c1ccc(Sc2ccc(CN3CCC(N4C(=O)N(CC5CCOCC5)C[C@H]4c4ccccc4)CC3)cn2)cc1. The number of hydrogen-bond acceptors (Lipinski definition) is 6. The second-order valence-electron chi connectivity index (χ2n) is 11.5. The van der Waals surface area contributed by atoms with Crippen molar-refractivity contribution in [3.63, 3.8) is 0 Å². The number of aromatic nitrogens is 1. The summed E-state index contributed by atoms with van der Waals surface area (Å²) in [6.45, 7) is 5.93. The average Bonchev–Trinajstić information content (AvgIpc) is 3.35. The molecule has 0 saturated carbocycles. The van der Waals surface area contributed by atoms with Crippen molar-refractivity contribution in [2.75, 3.05) is 39.4 Å². The molecule has 1 N–H and O–H groups in total. The molecule has 0 spiro atoms. The molecule has 2 amide bonds. The summed E-state index contributed by atoms with van der Waals surface area (Å²) in [5.41, 5.74) is 2.68. The van der Waals surface area contributed by atoms with E-state index in [-0.39, 0.29) is 23.7 Å². The summed E-state index contributed by atoms with van der Waals surface area (Å²) in [5, 5.41) is 9.97. The van der Waals surface area contributed by atoms with Gasteiger partial charge in [0.25, 0.3) is 0 Å². The molecule has 220 valence electrons. The van der Waals surface area contributed by atoms with Crippen molar-refractivity contribution in [2.45, 2.75) is 54.2 Å². The molecule has 42 heavy (non-hydrogen) atoms. The maximum atomic E-state index is 13.8. The zero-order chi connectivity index (χ0) is 28.9. The van der Waals surface area contributed by atoms with Gasteiger partial charge in [0.1, 0.15) is 5.03 Å². The molecular formula is C33H38N4O4S. The Balaban J connectivity index is 1.05. The van der Waals surface area contributed by atoms with Crippen LogP contribution in [0.5, 0.6) is 0 Å². The molecular weight excluding hydrogens is 548 g/mol. The van der Waals surface area contributed by atoms with Crippen LogP contribution in [-0.2, 0) is 11.3 Å². The second-order valence-corrected chi connectivity index (χ2v) is 12.6. The summed E-state index contributed by atoms with van der Waals surface area (Å²) in [7, 11) is 0. The molecule has 3 aliphatic heterocycles. The predicted molar refractivity (Wildman–Crippen MR) is 162 cm³/mol. The highest BCUT2D eigenvalue weighted by molar-refractivity contribution is 7.99. The molecule has 9 heteroatoms. The van der Waals surface area contributed by atoms with E-state index in [1.54, 1.807) is 12.1 Å². The van der Waals surface area contributed by atoms with Crippen molar-refractivity contribution in [2.24, 2.45) is 5.92 Å². The van der Waals surface area contributed by atoms with E-state index in [1.165, 1.54) is 22.9 Å². The molecule has 8 nitrogen and oxygen atoms in total. The minimum absolute atomic E-state index is 0.102. The number of rotatable bonds is 9. The number of ether oxygens (including phenoxy) is 1. The molecule has 3 aliphatic rings. The number of aromatic carboxylic acids is 1. The van der Waals surface area contributed by atoms with Gasteiger partial charge in [-0.2, -0.15) is 0 Å². The Morgan fingerprint density at radius 2 is 1.69 bits per heavy atom. The van der Waals surface area contributed by atoms with Crippen LogP contribution in [0.2, 0.25) is 0 Å². The number of nitrogens with zero attached hydrogens (tertiary/aromatic N) is 4. The molecule has 0 radical (unpaired) electrons. The summed E-state index contributed by atoms with van der Waals surface area (Å²) >= 11 is 1.52. The molecule has 1 aromatic heterocycles. The van der Waals surface area contributed by atoms with E-state index in [9.17, 15) is 9.59 Å². The standard InChI is InChI=1S/C33H38N4O4S/c38-32(39)27-7-9-29(10-8-27)42-31-11-6-25(20-34-31)21-35-16-12-28(13-17-35)37-30(26-4-2-1-3-5-26)23-36(33(37)40)22-24-14-18-41-19-15-24/h1-11,20,24,28,30H,12-19,21-23H2,(H,38,39)/t30-/m0/s1. The number of pyridine rings is 1. The Kier molecular flexibility index (Phi) is 9.07. The number of carbonyl (C=O) groups is 2. The lowest BCUT2D eigenvalue weighted by molar-refractivity contribution is 0.0574. The van der Waals surface area contributed by atoms with Gasteiger partial charge < -0.3 is 19.6 Å². The number of urea groups is 1. The van der Waals surface area contributed by atoms with Crippen LogP contribution in [0.25, 0.3) is 0 Å². The quantitative estimate of drug-likeness (QED) is 0.339. The van der Waals surface area contributed by atoms with Gasteiger partial charge in [-0.05, 0) is 73.1 Å². The van der Waals surface area contributed by atoms with E-state index in [4.69, 9.17) is 9.84 Å². The molecule has 1 atom stereocenters. The lowest BCUT2D eigenvalue weighted by Gasteiger charge is -2.39. The molecule has 3 aromatic rings. The van der Waals surface area contributed by atoms with Gasteiger partial charge in [0.05, 0.1) is 11.6 Å². The normalized spacial score (nSPS) is 20.8. The van der Waals surface area contributed by atoms with Crippen LogP contribution < -0.4 is 0 Å². The van der Waals surface area contributed by atoms with Crippen LogP contribution in [-0.4, -0.2) is 82.2 Å². The number of amides is 2. The van der Waals surface area contributed by atoms with Crippen LogP contribution in [0, 0.1) is 5.92 Å². The number of likely N-dealkylation sites (tertiary alicyclic amines) is 1. The first kappa shape index (κ1) is 28.7. The third-order valence-corrected chi connectivity index (χ3v) is 9.66. The Hall–Kier alpha value is -3.40. The highest BCUT2D eigenvalue weighted by Crippen LogP contribution is 2.36. The van der Waals surface area contributed by atoms with Gasteiger partial charge in [-0.25, -0.2) is 14.6 Å². The van der Waals surface area contributed by atoms with E-state index in [1.807, 2.05) is 30.5 Å². The Morgan fingerprint density at radius 1 is 0.952 bits per heavy atom. The first-order chi connectivity index (χ1) is 20.5. The van der Waals surface area contributed by atoms with Crippen molar-refractivity contribution in [3.8, 4) is 0 Å². The van der Waals surface area contributed by atoms with E-state index in [2.05, 4.69) is 50.0 Å². The Labute approximate surface area is 251 Å². The van der Waals surface area contributed by atoms with Gasteiger partial charge in [-0.15, -0.1) is 0 Å². The van der Waals surface area contributed by atoms with Gasteiger partial charge in [-0.1, -0.05) is 48.2 Å². The molecule has 0 unspecified atom stereocenters. The van der Waals surface area contributed by atoms with E-state index in [0.29, 0.717) is 5.92 Å². The Bertz CT molecular complexity index is 1340. The lowest BCUT2D eigenvalue weighted by atomic mass is 9.98. The molecule has 0 bridgehead atoms. The predicted octanol–water partition coefficient (Wildman–Crippen LogP) is 5.80. The minimum atomic E-state index is -0.923. The maximum Gasteiger partial charge on any atom is 0.335 e. The minimum Gasteiger partial charge on any atom is -0.478 e. The number of hydrogen-bond donors (Lipinski definition) is 1. The van der Waals surface area contributed by atoms with Crippen LogP contribution in [0.1, 0.15) is 53.2 Å². The van der Waals surface area contributed by atoms with Crippen LogP contribution >= 0.6 is 11.8 Å². The summed E-state index contributed by atoms with van der Waals surface area (Å²) in [6, 6.07) is 22.1. The van der Waals surface area contributed by atoms with Gasteiger partial charge in [0.15, 0.2) is 0 Å². The van der Waals surface area contributed by atoms with E-state index in [0.717, 1.165) is 81.5 Å². The summed E-state index contributed by atoms with van der Waals surface area (Å²) < 4.78 is 5.55. The summed E-state index contributed by atoms with van der Waals surface area (Å²) in [4.78, 5) is 37.2. The van der Waals surface area contributed by atoms with E-state index < -0.39 is 5.97 Å². The van der Waals surface area contributed by atoms with Crippen molar-refractivity contribution in [3.05, 3.63) is 89.6 Å². The smallest absolute Gasteiger partial charge is 0.335 e. The van der Waals surface area contributed by atoms with Gasteiger partial charge in [0.2, 0.25) is 0 Å². The average molecular weight is 587 g/mol. The number of carboxylic acid groups (broad SMARTS) is 1. The fourth-order valence-electron chi connectivity index (χ4n) is 6.38. The van der Waals surface area contributed by atoms with E-state index >= 15 is 0 Å². The third kappa shape index (κ3) is 6.80. The first-order valence-corrected chi connectivity index (χ1v) is 15.7. The maximum absolute atomic E-state index is 13.8. The zero-order valence-electron chi connectivity index (χ0n) is 23.8. The van der Waals surface area contributed by atoms with Gasteiger partial charge >= 0.3 is 12.0 Å². The Morgan fingerprint density at radius 3 is 2.36 bits per heavy atom. The monoisotopic (exact) mass is 586 g/mol. The third-order valence-electron chi connectivity index (χ3n) is 8.70.